The lowest BCUT2D eigenvalue weighted by atomic mass is 9.82. The van der Waals surface area contributed by atoms with Crippen molar-refractivity contribution in [1.29, 1.82) is 0 Å². The zero-order valence-electron chi connectivity index (χ0n) is 17.0. The predicted octanol–water partition coefficient (Wildman–Crippen LogP) is 4.96. The van der Waals surface area contributed by atoms with Crippen molar-refractivity contribution in [2.24, 2.45) is 0 Å². The number of aromatic hydroxyl groups is 1. The normalized spacial score (nSPS) is 12.0. The molecule has 2 aromatic carbocycles. The quantitative estimate of drug-likeness (QED) is 0.533. The third-order valence-electron chi connectivity index (χ3n) is 5.18. The van der Waals surface area contributed by atoms with Gasteiger partial charge in [0.25, 0.3) is 0 Å². The highest BCUT2D eigenvalue weighted by Crippen LogP contribution is 2.31. The molecule has 2 aromatic heterocycles. The van der Waals surface area contributed by atoms with Crippen LogP contribution in [0.4, 0.5) is 0 Å². The maximum absolute atomic E-state index is 10.9. The van der Waals surface area contributed by atoms with Crippen molar-refractivity contribution < 1.29 is 5.11 Å². The molecule has 0 radical (unpaired) electrons. The van der Waals surface area contributed by atoms with E-state index in [0.29, 0.717) is 12.4 Å². The van der Waals surface area contributed by atoms with Crippen molar-refractivity contribution >= 4 is 11.0 Å². The van der Waals surface area contributed by atoms with E-state index in [-0.39, 0.29) is 11.3 Å². The number of aryl methyl sites for hydroxylation is 2. The van der Waals surface area contributed by atoms with Gasteiger partial charge in [-0.3, -0.25) is 0 Å². The van der Waals surface area contributed by atoms with Gasteiger partial charge >= 0.3 is 0 Å². The molecule has 5 nitrogen and oxygen atoms in total. The fourth-order valence-corrected chi connectivity index (χ4v) is 3.70. The van der Waals surface area contributed by atoms with Crippen molar-refractivity contribution in [2.45, 2.75) is 46.5 Å². The summed E-state index contributed by atoms with van der Waals surface area (Å²) >= 11 is 0. The summed E-state index contributed by atoms with van der Waals surface area (Å²) in [6, 6.07) is 14.4. The van der Waals surface area contributed by atoms with Crippen LogP contribution in [0.5, 0.6) is 5.88 Å². The lowest BCUT2D eigenvalue weighted by Gasteiger charge is -2.22. The fraction of sp³-hybridized carbons (Fsp3) is 0.304. The number of rotatable bonds is 3. The van der Waals surface area contributed by atoms with Gasteiger partial charge in [-0.05, 0) is 48.1 Å². The zero-order chi connectivity index (χ0) is 20.1. The highest BCUT2D eigenvalue weighted by Gasteiger charge is 2.22. The molecule has 28 heavy (non-hydrogen) atoms. The van der Waals surface area contributed by atoms with Crippen LogP contribution in [0, 0.1) is 13.8 Å². The van der Waals surface area contributed by atoms with Gasteiger partial charge in [0.05, 0.1) is 16.7 Å². The molecule has 0 unspecified atom stereocenters. The zero-order valence-corrected chi connectivity index (χ0v) is 17.0. The van der Waals surface area contributed by atoms with Crippen LogP contribution in [0.15, 0.2) is 42.5 Å². The van der Waals surface area contributed by atoms with Crippen LogP contribution in [0.2, 0.25) is 0 Å². The van der Waals surface area contributed by atoms with E-state index in [2.05, 4.69) is 54.0 Å². The first-order valence-electron chi connectivity index (χ1n) is 9.56. The number of hydrogen-bond acceptors (Lipinski definition) is 3. The molecule has 0 spiro atoms. The second kappa shape index (κ2) is 6.51. The SMILES string of the molecule is Cc1ccc2[nH]c(-n3nc(C)c(Cc4ccccc4C(C)(C)C)c3O)nc2c1. The Hall–Kier alpha value is -3.08. The summed E-state index contributed by atoms with van der Waals surface area (Å²) < 4.78 is 1.50. The number of H-pyrrole nitrogens is 1. The molecule has 4 rings (SSSR count). The highest BCUT2D eigenvalue weighted by molar-refractivity contribution is 5.77. The van der Waals surface area contributed by atoms with E-state index in [1.807, 2.05) is 38.1 Å². The van der Waals surface area contributed by atoms with Crippen LogP contribution in [-0.2, 0) is 11.8 Å². The van der Waals surface area contributed by atoms with Gasteiger partial charge in [0.1, 0.15) is 0 Å². The van der Waals surface area contributed by atoms with E-state index in [1.165, 1.54) is 15.8 Å². The third-order valence-corrected chi connectivity index (χ3v) is 5.18. The number of aromatic nitrogens is 4. The Morgan fingerprint density at radius 3 is 2.57 bits per heavy atom. The first-order valence-corrected chi connectivity index (χ1v) is 9.56. The molecule has 0 bridgehead atoms. The molecule has 0 saturated heterocycles. The van der Waals surface area contributed by atoms with Crippen LogP contribution < -0.4 is 0 Å². The molecule has 2 heterocycles. The number of hydrogen-bond donors (Lipinski definition) is 2. The van der Waals surface area contributed by atoms with Gasteiger partial charge in [-0.25, -0.2) is 4.98 Å². The van der Waals surface area contributed by atoms with Crippen LogP contribution >= 0.6 is 0 Å². The molecule has 0 aliphatic carbocycles. The summed E-state index contributed by atoms with van der Waals surface area (Å²) in [7, 11) is 0. The Morgan fingerprint density at radius 1 is 1.07 bits per heavy atom. The summed E-state index contributed by atoms with van der Waals surface area (Å²) in [4.78, 5) is 7.86. The summed E-state index contributed by atoms with van der Waals surface area (Å²) in [5.41, 5.74) is 7.08. The first-order chi connectivity index (χ1) is 13.2. The van der Waals surface area contributed by atoms with E-state index in [4.69, 9.17) is 0 Å². The van der Waals surface area contributed by atoms with Crippen molar-refractivity contribution in [3.05, 3.63) is 70.4 Å². The molecule has 144 valence electrons. The van der Waals surface area contributed by atoms with Crippen molar-refractivity contribution in [3.8, 4) is 11.8 Å². The van der Waals surface area contributed by atoms with E-state index >= 15 is 0 Å². The van der Waals surface area contributed by atoms with Crippen molar-refractivity contribution in [3.63, 3.8) is 0 Å². The van der Waals surface area contributed by atoms with E-state index in [0.717, 1.165) is 27.9 Å². The van der Waals surface area contributed by atoms with Gasteiger partial charge < -0.3 is 10.1 Å². The summed E-state index contributed by atoms with van der Waals surface area (Å²) in [6.07, 6.45) is 0.629. The molecule has 0 fully saturated rings. The smallest absolute Gasteiger partial charge is 0.232 e. The van der Waals surface area contributed by atoms with Crippen LogP contribution in [0.25, 0.3) is 17.0 Å². The molecule has 0 amide bonds. The van der Waals surface area contributed by atoms with E-state index in [1.54, 1.807) is 0 Å². The standard InChI is InChI=1S/C23H26N4O/c1-14-10-11-19-20(12-14)25-22(24-19)27-21(28)17(15(2)26-27)13-16-8-6-7-9-18(16)23(3,4)5/h6-12,28H,13H2,1-5H3,(H,24,25). The minimum atomic E-state index is 0.0344. The molecular formula is C23H26N4O. The maximum Gasteiger partial charge on any atom is 0.232 e. The maximum atomic E-state index is 10.9. The number of nitrogens with zero attached hydrogens (tertiary/aromatic N) is 3. The van der Waals surface area contributed by atoms with Crippen LogP contribution in [-0.4, -0.2) is 24.9 Å². The molecule has 0 atom stereocenters. The summed E-state index contributed by atoms with van der Waals surface area (Å²) in [6.45, 7) is 10.6. The van der Waals surface area contributed by atoms with Crippen molar-refractivity contribution in [2.75, 3.05) is 0 Å². The molecule has 0 saturated carbocycles. The Labute approximate surface area is 165 Å². The molecule has 4 aromatic rings. The molecule has 2 N–H and O–H groups in total. The Kier molecular flexibility index (Phi) is 4.26. The summed E-state index contributed by atoms with van der Waals surface area (Å²) in [5, 5.41) is 15.5. The van der Waals surface area contributed by atoms with Gasteiger partial charge in [0.15, 0.2) is 0 Å². The van der Waals surface area contributed by atoms with Crippen molar-refractivity contribution in [1.82, 2.24) is 19.7 Å². The van der Waals surface area contributed by atoms with Gasteiger partial charge in [-0.1, -0.05) is 51.1 Å². The van der Waals surface area contributed by atoms with Crippen LogP contribution in [0.1, 0.15) is 48.7 Å². The lowest BCUT2D eigenvalue weighted by Crippen LogP contribution is -2.14. The fourth-order valence-electron chi connectivity index (χ4n) is 3.70. The highest BCUT2D eigenvalue weighted by atomic mass is 16.3. The minimum absolute atomic E-state index is 0.0344. The monoisotopic (exact) mass is 374 g/mol. The minimum Gasteiger partial charge on any atom is -0.493 e. The summed E-state index contributed by atoms with van der Waals surface area (Å²) in [5.74, 6) is 0.661. The van der Waals surface area contributed by atoms with Gasteiger partial charge in [0.2, 0.25) is 11.8 Å². The molecule has 0 aliphatic heterocycles. The van der Waals surface area contributed by atoms with E-state index < -0.39 is 0 Å². The Morgan fingerprint density at radius 2 is 1.82 bits per heavy atom. The number of fused-ring (bicyclic) bond motifs is 1. The number of nitrogens with one attached hydrogen (secondary N) is 1. The largest absolute Gasteiger partial charge is 0.493 e. The first kappa shape index (κ1) is 18.3. The van der Waals surface area contributed by atoms with E-state index in [9.17, 15) is 5.11 Å². The Balaban J connectivity index is 1.76. The van der Waals surface area contributed by atoms with Gasteiger partial charge in [-0.2, -0.15) is 9.78 Å². The molecule has 0 aliphatic rings. The number of benzene rings is 2. The number of imidazole rings is 1. The predicted molar refractivity (Wildman–Crippen MR) is 112 cm³/mol. The lowest BCUT2D eigenvalue weighted by molar-refractivity contribution is 0.426. The molecule has 5 heteroatoms. The van der Waals surface area contributed by atoms with Gasteiger partial charge in [0, 0.05) is 12.0 Å². The second-order valence-corrected chi connectivity index (χ2v) is 8.46. The van der Waals surface area contributed by atoms with Crippen LogP contribution in [0.3, 0.4) is 0 Å². The number of aromatic amines is 1. The topological polar surface area (TPSA) is 66.7 Å². The third kappa shape index (κ3) is 3.17. The molecular weight excluding hydrogens is 348 g/mol. The Bertz CT molecular complexity index is 1160. The average molecular weight is 374 g/mol. The average Bonchev–Trinajstić information content (AvgIpc) is 3.16. The second-order valence-electron chi connectivity index (χ2n) is 8.46. The van der Waals surface area contributed by atoms with Gasteiger partial charge in [-0.15, -0.1) is 0 Å².